The standard InChI is InChI=1S/C10H8O.C9H7NO.C7H6N2.CH4/c1-8-6-7-9-4-2-3-5-10(9)11-8;1-7-6-10-8-4-2-3-5-9(8)11-7;1-2-4-7-6(3-1)8-5-9-7;/h2-7H,1H2;2-6H,1H2;1-4H,5H2;1H4. The van der Waals surface area contributed by atoms with Crippen LogP contribution in [0.1, 0.15) is 13.0 Å². The molecule has 0 spiro atoms. The fourth-order valence-electron chi connectivity index (χ4n) is 2.95. The molecule has 3 aromatic carbocycles. The first-order valence-electron chi connectivity index (χ1n) is 9.77. The fraction of sp³-hybridized carbons (Fsp3) is 0.0741. The van der Waals surface area contributed by atoms with Gasteiger partial charge in [0.05, 0.1) is 16.9 Å². The van der Waals surface area contributed by atoms with Crippen molar-refractivity contribution >= 4 is 18.0 Å². The van der Waals surface area contributed by atoms with Crippen molar-refractivity contribution in [3.8, 4) is 11.5 Å². The zero-order valence-corrected chi connectivity index (χ0v) is 16.9. The Morgan fingerprint density at radius 3 is 2.00 bits per heavy atom. The van der Waals surface area contributed by atoms with Gasteiger partial charge in [-0.3, -0.25) is 9.98 Å². The van der Waals surface area contributed by atoms with E-state index >= 15 is 0 Å². The predicted octanol–water partition coefficient (Wildman–Crippen LogP) is 5.43. The summed E-state index contributed by atoms with van der Waals surface area (Å²) in [5, 5.41) is 2.05. The topological polar surface area (TPSA) is 55.5 Å². The highest BCUT2D eigenvalue weighted by molar-refractivity contribution is 5.82. The number of hydrogen-bond donors (Lipinski definition) is 0. The van der Waals surface area contributed by atoms with E-state index in [1.807, 2.05) is 84.9 Å². The van der Waals surface area contributed by atoms with Crippen molar-refractivity contribution in [3.05, 3.63) is 120 Å². The second-order valence-corrected chi connectivity index (χ2v) is 6.68. The SMILES string of the molecule is C.C=C1C=Cc2ccccc2O1.C=C1C=Nc2ccccc2O1.c1ccc2c(c1)=NCN=2. The normalized spacial score (nSPS) is 13.5. The number of fused-ring (bicyclic) bond motifs is 3. The number of para-hydroxylation sites is 5. The van der Waals surface area contributed by atoms with Crippen molar-refractivity contribution in [2.45, 2.75) is 7.43 Å². The first kappa shape index (κ1) is 22.4. The average molecular weight is 424 g/mol. The molecule has 0 bridgehead atoms. The van der Waals surface area contributed by atoms with Gasteiger partial charge >= 0.3 is 0 Å². The molecule has 3 aliphatic heterocycles. The van der Waals surface area contributed by atoms with Crippen LogP contribution in [0.15, 0.2) is 119 Å². The van der Waals surface area contributed by atoms with E-state index in [0.29, 0.717) is 18.2 Å². The van der Waals surface area contributed by atoms with E-state index in [1.165, 1.54) is 0 Å². The van der Waals surface area contributed by atoms with Gasteiger partial charge in [-0.05, 0) is 42.5 Å². The Kier molecular flexibility index (Phi) is 7.49. The quantitative estimate of drug-likeness (QED) is 0.484. The third-order valence-corrected chi connectivity index (χ3v) is 4.43. The Labute approximate surface area is 188 Å². The molecule has 0 unspecified atom stereocenters. The Morgan fingerprint density at radius 2 is 1.25 bits per heavy atom. The van der Waals surface area contributed by atoms with Crippen LogP contribution < -0.4 is 20.2 Å². The third kappa shape index (κ3) is 5.67. The van der Waals surface area contributed by atoms with Crippen LogP contribution in [0.4, 0.5) is 5.69 Å². The van der Waals surface area contributed by atoms with Crippen LogP contribution in [0.2, 0.25) is 0 Å². The molecular weight excluding hydrogens is 398 g/mol. The molecule has 0 atom stereocenters. The number of aliphatic imine (C=N–C) groups is 1. The van der Waals surface area contributed by atoms with Gasteiger partial charge in [-0.1, -0.05) is 63.0 Å². The largest absolute Gasteiger partial charge is 0.457 e. The summed E-state index contributed by atoms with van der Waals surface area (Å²) in [6.45, 7) is 7.96. The Morgan fingerprint density at radius 1 is 0.656 bits per heavy atom. The van der Waals surface area contributed by atoms with E-state index in [1.54, 1.807) is 6.21 Å². The van der Waals surface area contributed by atoms with Crippen molar-refractivity contribution in [2.24, 2.45) is 15.0 Å². The van der Waals surface area contributed by atoms with Crippen molar-refractivity contribution in [3.63, 3.8) is 0 Å². The molecule has 5 nitrogen and oxygen atoms in total. The predicted molar refractivity (Wildman–Crippen MR) is 130 cm³/mol. The zero-order chi connectivity index (χ0) is 21.5. The average Bonchev–Trinajstić information content (AvgIpc) is 3.29. The Balaban J connectivity index is 0.000000134. The van der Waals surface area contributed by atoms with Crippen LogP contribution in [-0.4, -0.2) is 12.9 Å². The van der Waals surface area contributed by atoms with Crippen LogP contribution in [0.5, 0.6) is 11.5 Å². The highest BCUT2D eigenvalue weighted by Crippen LogP contribution is 2.30. The lowest BCUT2D eigenvalue weighted by Crippen LogP contribution is -2.19. The first-order chi connectivity index (χ1) is 15.2. The minimum Gasteiger partial charge on any atom is -0.457 e. The summed E-state index contributed by atoms with van der Waals surface area (Å²) in [5.41, 5.74) is 1.97. The summed E-state index contributed by atoms with van der Waals surface area (Å²) in [6.07, 6.45) is 5.48. The molecule has 0 radical (unpaired) electrons. The minimum atomic E-state index is 0. The van der Waals surface area contributed by atoms with Crippen molar-refractivity contribution in [1.82, 2.24) is 0 Å². The fourth-order valence-corrected chi connectivity index (χ4v) is 2.95. The molecule has 0 aromatic heterocycles. The molecule has 0 fully saturated rings. The Bertz CT molecular complexity index is 1210. The molecule has 160 valence electrons. The van der Waals surface area contributed by atoms with Gasteiger partial charge in [0.2, 0.25) is 0 Å². The smallest absolute Gasteiger partial charge is 0.153 e. The first-order valence-corrected chi connectivity index (χ1v) is 9.77. The number of nitrogens with zero attached hydrogens (tertiary/aromatic N) is 3. The maximum atomic E-state index is 5.35. The second-order valence-electron chi connectivity index (χ2n) is 6.68. The lowest BCUT2D eigenvalue weighted by molar-refractivity contribution is 0.442. The van der Waals surface area contributed by atoms with E-state index in [0.717, 1.165) is 33.5 Å². The van der Waals surface area contributed by atoms with E-state index < -0.39 is 0 Å². The van der Waals surface area contributed by atoms with Gasteiger partial charge in [0, 0.05) is 5.56 Å². The number of benzene rings is 3. The number of allylic oxidation sites excluding steroid dienone is 2. The number of rotatable bonds is 0. The lowest BCUT2D eigenvalue weighted by atomic mass is 10.1. The van der Waals surface area contributed by atoms with Crippen molar-refractivity contribution in [2.75, 3.05) is 6.67 Å². The van der Waals surface area contributed by atoms with E-state index in [2.05, 4.69) is 28.1 Å². The molecule has 0 amide bonds. The summed E-state index contributed by atoms with van der Waals surface area (Å²) < 4.78 is 10.6. The molecule has 6 rings (SSSR count). The van der Waals surface area contributed by atoms with Crippen LogP contribution in [0, 0.1) is 0 Å². The lowest BCUT2D eigenvalue weighted by Gasteiger charge is -2.12. The summed E-state index contributed by atoms with van der Waals surface area (Å²) in [4.78, 5) is 12.4. The second kappa shape index (κ2) is 10.7. The van der Waals surface area contributed by atoms with Crippen LogP contribution >= 0.6 is 0 Å². The Hall–Kier alpha value is -4.25. The molecule has 5 heteroatoms. The molecule has 32 heavy (non-hydrogen) atoms. The van der Waals surface area contributed by atoms with Gasteiger partial charge in [-0.2, -0.15) is 0 Å². The molecule has 0 saturated heterocycles. The van der Waals surface area contributed by atoms with Crippen molar-refractivity contribution in [1.29, 1.82) is 0 Å². The zero-order valence-electron chi connectivity index (χ0n) is 16.9. The van der Waals surface area contributed by atoms with E-state index in [4.69, 9.17) is 9.47 Å². The molecular formula is C27H25N3O2. The minimum absolute atomic E-state index is 0. The highest BCUT2D eigenvalue weighted by Gasteiger charge is 2.06. The van der Waals surface area contributed by atoms with Gasteiger partial charge in [-0.15, -0.1) is 0 Å². The van der Waals surface area contributed by atoms with Gasteiger partial charge < -0.3 is 9.47 Å². The van der Waals surface area contributed by atoms with Crippen molar-refractivity contribution < 1.29 is 9.47 Å². The molecule has 3 aromatic rings. The maximum Gasteiger partial charge on any atom is 0.153 e. The third-order valence-electron chi connectivity index (χ3n) is 4.43. The van der Waals surface area contributed by atoms with Gasteiger partial charge in [0.15, 0.2) is 5.75 Å². The van der Waals surface area contributed by atoms with Crippen LogP contribution in [0.25, 0.3) is 6.08 Å². The summed E-state index contributed by atoms with van der Waals surface area (Å²) in [7, 11) is 0. The van der Waals surface area contributed by atoms with Crippen LogP contribution in [-0.2, 0) is 0 Å². The molecule has 0 saturated carbocycles. The summed E-state index contributed by atoms with van der Waals surface area (Å²) >= 11 is 0. The molecule has 3 aliphatic rings. The van der Waals surface area contributed by atoms with E-state index in [9.17, 15) is 0 Å². The molecule has 3 heterocycles. The van der Waals surface area contributed by atoms with E-state index in [-0.39, 0.29) is 7.43 Å². The molecule has 0 N–H and O–H groups in total. The van der Waals surface area contributed by atoms with Gasteiger partial charge in [0.1, 0.15) is 29.6 Å². The van der Waals surface area contributed by atoms with Crippen LogP contribution in [0.3, 0.4) is 0 Å². The van der Waals surface area contributed by atoms with Gasteiger partial charge in [0.25, 0.3) is 0 Å². The number of ether oxygens (including phenoxy) is 2. The monoisotopic (exact) mass is 423 g/mol. The summed E-state index contributed by atoms with van der Waals surface area (Å²) in [5.74, 6) is 2.95. The summed E-state index contributed by atoms with van der Waals surface area (Å²) in [6, 6.07) is 23.4. The maximum absolute atomic E-state index is 5.35. The molecule has 0 aliphatic carbocycles. The highest BCUT2D eigenvalue weighted by atomic mass is 16.5. The van der Waals surface area contributed by atoms with Gasteiger partial charge in [-0.25, -0.2) is 4.99 Å². The number of hydrogen-bond acceptors (Lipinski definition) is 5.